The van der Waals surface area contributed by atoms with Crippen LogP contribution in [0, 0.1) is 5.92 Å². The Kier molecular flexibility index (Phi) is 4.84. The van der Waals surface area contributed by atoms with Crippen molar-refractivity contribution in [2.24, 2.45) is 5.92 Å². The first-order valence-electron chi connectivity index (χ1n) is 8.83. The van der Waals surface area contributed by atoms with E-state index in [-0.39, 0.29) is 5.75 Å². The SMILES string of the molecule is O=c1oc2ccc(-c3ccc(OC(F)(F)F)cc3)nc2n1CC1CCOCC1. The van der Waals surface area contributed by atoms with Gasteiger partial charge >= 0.3 is 12.1 Å². The number of oxazole rings is 1. The number of fused-ring (bicyclic) bond motifs is 1. The molecular weight excluding hydrogens is 377 g/mol. The van der Waals surface area contributed by atoms with Crippen molar-refractivity contribution in [1.82, 2.24) is 9.55 Å². The van der Waals surface area contributed by atoms with E-state index in [4.69, 9.17) is 9.15 Å². The molecule has 0 aliphatic carbocycles. The molecule has 6 nitrogen and oxygen atoms in total. The smallest absolute Gasteiger partial charge is 0.406 e. The Balaban J connectivity index is 1.63. The van der Waals surface area contributed by atoms with E-state index in [2.05, 4.69) is 9.72 Å². The second-order valence-electron chi connectivity index (χ2n) is 6.62. The summed E-state index contributed by atoms with van der Waals surface area (Å²) in [6.07, 6.45) is -3.02. The number of ether oxygens (including phenoxy) is 2. The van der Waals surface area contributed by atoms with Gasteiger partial charge in [0.25, 0.3) is 0 Å². The molecule has 4 rings (SSSR count). The van der Waals surface area contributed by atoms with Crippen molar-refractivity contribution in [3.05, 3.63) is 46.9 Å². The van der Waals surface area contributed by atoms with Gasteiger partial charge in [-0.1, -0.05) is 0 Å². The summed E-state index contributed by atoms with van der Waals surface area (Å²) in [4.78, 5) is 16.8. The highest BCUT2D eigenvalue weighted by Gasteiger charge is 2.31. The van der Waals surface area contributed by atoms with Crippen LogP contribution in [0.4, 0.5) is 13.2 Å². The molecule has 1 aromatic carbocycles. The molecule has 1 aliphatic rings. The maximum Gasteiger partial charge on any atom is 0.573 e. The molecule has 0 spiro atoms. The van der Waals surface area contributed by atoms with E-state index in [0.29, 0.717) is 48.2 Å². The van der Waals surface area contributed by atoms with Crippen molar-refractivity contribution in [1.29, 1.82) is 0 Å². The number of aromatic nitrogens is 2. The summed E-state index contributed by atoms with van der Waals surface area (Å²) in [5.41, 5.74) is 1.91. The van der Waals surface area contributed by atoms with Crippen LogP contribution in [0.15, 0.2) is 45.6 Å². The maximum absolute atomic E-state index is 12.3. The molecule has 1 aliphatic heterocycles. The van der Waals surface area contributed by atoms with Gasteiger partial charge in [0.1, 0.15) is 5.75 Å². The Hall–Kier alpha value is -2.81. The summed E-state index contributed by atoms with van der Waals surface area (Å²) in [7, 11) is 0. The molecule has 3 heterocycles. The number of hydrogen-bond donors (Lipinski definition) is 0. The highest BCUT2D eigenvalue weighted by molar-refractivity contribution is 5.73. The van der Waals surface area contributed by atoms with E-state index in [1.54, 1.807) is 12.1 Å². The molecule has 2 aromatic heterocycles. The molecule has 28 heavy (non-hydrogen) atoms. The summed E-state index contributed by atoms with van der Waals surface area (Å²) in [5, 5.41) is 0. The van der Waals surface area contributed by atoms with Crippen LogP contribution in [0.1, 0.15) is 12.8 Å². The van der Waals surface area contributed by atoms with Gasteiger partial charge in [-0.2, -0.15) is 0 Å². The Morgan fingerprint density at radius 1 is 1.11 bits per heavy atom. The molecule has 1 saturated heterocycles. The highest BCUT2D eigenvalue weighted by Crippen LogP contribution is 2.27. The van der Waals surface area contributed by atoms with Gasteiger partial charge in [-0.15, -0.1) is 13.2 Å². The fraction of sp³-hybridized carbons (Fsp3) is 0.368. The predicted octanol–water partition coefficient (Wildman–Crippen LogP) is 3.98. The first-order valence-corrected chi connectivity index (χ1v) is 8.83. The number of pyridine rings is 1. The third kappa shape index (κ3) is 4.04. The Bertz CT molecular complexity index is 1020. The Morgan fingerprint density at radius 2 is 1.82 bits per heavy atom. The van der Waals surface area contributed by atoms with Gasteiger partial charge in [0, 0.05) is 25.3 Å². The summed E-state index contributed by atoms with van der Waals surface area (Å²) < 4.78 is 52.9. The Morgan fingerprint density at radius 3 is 2.50 bits per heavy atom. The fourth-order valence-electron chi connectivity index (χ4n) is 3.28. The quantitative estimate of drug-likeness (QED) is 0.670. The summed E-state index contributed by atoms with van der Waals surface area (Å²) in [6, 6.07) is 8.70. The molecule has 9 heteroatoms. The van der Waals surface area contributed by atoms with Crippen molar-refractivity contribution in [2.45, 2.75) is 25.7 Å². The second-order valence-corrected chi connectivity index (χ2v) is 6.62. The van der Waals surface area contributed by atoms with E-state index < -0.39 is 12.1 Å². The minimum absolute atomic E-state index is 0.302. The van der Waals surface area contributed by atoms with Crippen LogP contribution in [0.5, 0.6) is 5.75 Å². The van der Waals surface area contributed by atoms with Crippen LogP contribution < -0.4 is 10.5 Å². The average molecular weight is 394 g/mol. The van der Waals surface area contributed by atoms with Gasteiger partial charge in [0.15, 0.2) is 11.2 Å². The fourth-order valence-corrected chi connectivity index (χ4v) is 3.28. The van der Waals surface area contributed by atoms with Crippen LogP contribution >= 0.6 is 0 Å². The lowest BCUT2D eigenvalue weighted by molar-refractivity contribution is -0.274. The molecule has 0 bridgehead atoms. The number of hydrogen-bond acceptors (Lipinski definition) is 5. The third-order valence-electron chi connectivity index (χ3n) is 4.68. The van der Waals surface area contributed by atoms with E-state index in [1.165, 1.54) is 28.8 Å². The predicted molar refractivity (Wildman–Crippen MR) is 93.9 cm³/mol. The van der Waals surface area contributed by atoms with Crippen molar-refractivity contribution in [3.8, 4) is 17.0 Å². The van der Waals surface area contributed by atoms with E-state index in [9.17, 15) is 18.0 Å². The summed E-state index contributed by atoms with van der Waals surface area (Å²) in [5.74, 6) is -0.478. The van der Waals surface area contributed by atoms with Crippen molar-refractivity contribution in [3.63, 3.8) is 0 Å². The van der Waals surface area contributed by atoms with Gasteiger partial charge < -0.3 is 13.9 Å². The van der Waals surface area contributed by atoms with E-state index in [0.717, 1.165) is 12.8 Å². The maximum atomic E-state index is 12.3. The van der Waals surface area contributed by atoms with Crippen LogP contribution in [-0.4, -0.2) is 29.1 Å². The van der Waals surface area contributed by atoms with Crippen molar-refractivity contribution in [2.75, 3.05) is 13.2 Å². The van der Waals surface area contributed by atoms with Gasteiger partial charge in [-0.25, -0.2) is 9.78 Å². The van der Waals surface area contributed by atoms with Gasteiger partial charge in [0.05, 0.1) is 5.69 Å². The van der Waals surface area contributed by atoms with Crippen LogP contribution in [0.2, 0.25) is 0 Å². The highest BCUT2D eigenvalue weighted by atomic mass is 19.4. The zero-order valence-corrected chi connectivity index (χ0v) is 14.7. The second kappa shape index (κ2) is 7.31. The number of nitrogens with zero attached hydrogens (tertiary/aromatic N) is 2. The number of rotatable bonds is 4. The average Bonchev–Trinajstić information content (AvgIpc) is 2.97. The zero-order chi connectivity index (χ0) is 19.7. The first kappa shape index (κ1) is 18.5. The molecule has 0 saturated carbocycles. The number of benzene rings is 1. The molecule has 0 atom stereocenters. The lowest BCUT2D eigenvalue weighted by Gasteiger charge is -2.21. The molecule has 0 N–H and O–H groups in total. The molecular formula is C19H17F3N2O4. The van der Waals surface area contributed by atoms with Crippen LogP contribution in [0.3, 0.4) is 0 Å². The summed E-state index contributed by atoms with van der Waals surface area (Å²) in [6.45, 7) is 1.82. The molecule has 1 fully saturated rings. The molecule has 0 radical (unpaired) electrons. The van der Waals surface area contributed by atoms with Crippen LogP contribution in [0.25, 0.3) is 22.5 Å². The largest absolute Gasteiger partial charge is 0.573 e. The van der Waals surface area contributed by atoms with Gasteiger partial charge in [-0.05, 0) is 55.2 Å². The topological polar surface area (TPSA) is 66.5 Å². The van der Waals surface area contributed by atoms with E-state index >= 15 is 0 Å². The first-order chi connectivity index (χ1) is 13.4. The number of alkyl halides is 3. The van der Waals surface area contributed by atoms with Crippen LogP contribution in [-0.2, 0) is 11.3 Å². The normalized spacial score (nSPS) is 15.8. The molecule has 0 unspecified atom stereocenters. The molecule has 148 valence electrons. The Labute approximate surface area is 157 Å². The van der Waals surface area contributed by atoms with Gasteiger partial charge in [-0.3, -0.25) is 4.57 Å². The lowest BCUT2D eigenvalue weighted by Crippen LogP contribution is -2.25. The lowest BCUT2D eigenvalue weighted by atomic mass is 10.0. The van der Waals surface area contributed by atoms with Crippen molar-refractivity contribution >= 4 is 11.2 Å². The summed E-state index contributed by atoms with van der Waals surface area (Å²) >= 11 is 0. The van der Waals surface area contributed by atoms with E-state index in [1.807, 2.05) is 0 Å². The van der Waals surface area contributed by atoms with Gasteiger partial charge in [0.2, 0.25) is 0 Å². The standard InChI is InChI=1S/C19H17F3N2O4/c20-19(21,22)28-14-3-1-13(2-4-14)15-5-6-16-17(23-15)24(18(25)27-16)11-12-7-9-26-10-8-12/h1-6,12H,7-11H2. The minimum atomic E-state index is -4.74. The minimum Gasteiger partial charge on any atom is -0.406 e. The molecule has 3 aromatic rings. The van der Waals surface area contributed by atoms with Crippen molar-refractivity contribution < 1.29 is 27.1 Å². The number of halogens is 3. The molecule has 0 amide bonds. The monoisotopic (exact) mass is 394 g/mol. The third-order valence-corrected chi connectivity index (χ3v) is 4.68. The zero-order valence-electron chi connectivity index (χ0n) is 14.7.